The second-order valence-electron chi connectivity index (χ2n) is 2.22. The summed E-state index contributed by atoms with van der Waals surface area (Å²) >= 11 is 0. The van der Waals surface area contributed by atoms with Gasteiger partial charge in [-0.25, -0.2) is 14.8 Å². The highest BCUT2D eigenvalue weighted by Gasteiger charge is 2.03. The van der Waals surface area contributed by atoms with Gasteiger partial charge in [0.25, 0.3) is 0 Å². The first kappa shape index (κ1) is 6.78. The summed E-state index contributed by atoms with van der Waals surface area (Å²) in [5.41, 5.74) is 0. The van der Waals surface area contributed by atoms with Crippen molar-refractivity contribution in [2.75, 3.05) is 0 Å². The van der Waals surface area contributed by atoms with Gasteiger partial charge in [-0.15, -0.1) is 0 Å². The van der Waals surface area contributed by atoms with E-state index in [9.17, 15) is 4.79 Å². The van der Waals surface area contributed by atoms with Gasteiger partial charge in [-0.3, -0.25) is 9.13 Å². The number of nitrogens with zero attached hydrogens (tertiary/aromatic N) is 4. The quantitative estimate of drug-likeness (QED) is 0.534. The maximum atomic E-state index is 11.4. The number of carbonyl (C=O) groups excluding carboxylic acids is 1. The van der Waals surface area contributed by atoms with Gasteiger partial charge in [-0.2, -0.15) is 0 Å². The summed E-state index contributed by atoms with van der Waals surface area (Å²) in [4.78, 5) is 18.9. The lowest BCUT2D eigenvalue weighted by Crippen LogP contribution is -2.15. The van der Waals surface area contributed by atoms with E-state index in [0.29, 0.717) is 0 Å². The third-order valence-electron chi connectivity index (χ3n) is 1.45. The van der Waals surface area contributed by atoms with Gasteiger partial charge in [-0.1, -0.05) is 0 Å². The van der Waals surface area contributed by atoms with E-state index in [-0.39, 0.29) is 6.03 Å². The first-order valence-corrected chi connectivity index (χ1v) is 3.38. The van der Waals surface area contributed by atoms with Gasteiger partial charge >= 0.3 is 6.03 Å². The van der Waals surface area contributed by atoms with Crippen LogP contribution in [0.5, 0.6) is 0 Å². The van der Waals surface area contributed by atoms with Crippen molar-refractivity contribution in [1.82, 2.24) is 19.1 Å². The summed E-state index contributed by atoms with van der Waals surface area (Å²) in [5, 5.41) is 0. The third-order valence-corrected chi connectivity index (χ3v) is 1.45. The number of rotatable bonds is 0. The lowest BCUT2D eigenvalue weighted by molar-refractivity contribution is 0.244. The van der Waals surface area contributed by atoms with Crippen molar-refractivity contribution in [2.24, 2.45) is 0 Å². The molecule has 0 aromatic carbocycles. The molecule has 0 spiro atoms. The number of hydrogen-bond donors (Lipinski definition) is 0. The predicted molar refractivity (Wildman–Crippen MR) is 40.6 cm³/mol. The van der Waals surface area contributed by atoms with Gasteiger partial charge in [0, 0.05) is 24.8 Å². The lowest BCUT2D eigenvalue weighted by atomic mass is 10.9. The van der Waals surface area contributed by atoms with Gasteiger partial charge < -0.3 is 0 Å². The van der Waals surface area contributed by atoms with Crippen LogP contribution in [0, 0.1) is 0 Å². The van der Waals surface area contributed by atoms with E-state index in [1.54, 1.807) is 24.8 Å². The first-order chi connectivity index (χ1) is 5.88. The van der Waals surface area contributed by atoms with E-state index in [4.69, 9.17) is 0 Å². The van der Waals surface area contributed by atoms with Crippen LogP contribution in [0.1, 0.15) is 0 Å². The fourth-order valence-corrected chi connectivity index (χ4v) is 0.878. The normalized spacial score (nSPS) is 10.0. The molecule has 2 heterocycles. The maximum Gasteiger partial charge on any atom is 0.338 e. The molecule has 0 saturated carbocycles. The molecule has 0 atom stereocenters. The Labute approximate surface area is 68.3 Å². The minimum Gasteiger partial charge on any atom is -0.257 e. The molecule has 60 valence electrons. The highest BCUT2D eigenvalue weighted by Crippen LogP contribution is 1.91. The van der Waals surface area contributed by atoms with Gasteiger partial charge in [0.2, 0.25) is 0 Å². The Morgan fingerprint density at radius 2 is 1.50 bits per heavy atom. The van der Waals surface area contributed by atoms with Crippen molar-refractivity contribution in [3.63, 3.8) is 0 Å². The fraction of sp³-hybridized carbons (Fsp3) is 0. The van der Waals surface area contributed by atoms with Crippen LogP contribution in [-0.2, 0) is 0 Å². The van der Waals surface area contributed by atoms with Crippen molar-refractivity contribution in [2.45, 2.75) is 0 Å². The molecule has 0 bridgehead atoms. The number of imidazole rings is 2. The molecule has 0 N–H and O–H groups in total. The Morgan fingerprint density at radius 3 is 1.83 bits per heavy atom. The van der Waals surface area contributed by atoms with Crippen molar-refractivity contribution >= 4 is 6.03 Å². The molecule has 0 aliphatic heterocycles. The Morgan fingerprint density at radius 1 is 1.00 bits per heavy atom. The van der Waals surface area contributed by atoms with Crippen molar-refractivity contribution < 1.29 is 4.79 Å². The van der Waals surface area contributed by atoms with Gasteiger partial charge in [0.05, 0.1) is 0 Å². The monoisotopic (exact) mass is 163 g/mol. The average molecular weight is 163 g/mol. The highest BCUT2D eigenvalue weighted by molar-refractivity contribution is 5.78. The Balaban J connectivity index is 2.34. The van der Waals surface area contributed by atoms with Crippen LogP contribution in [0.2, 0.25) is 0 Å². The average Bonchev–Trinajstić information content (AvgIpc) is 2.77. The van der Waals surface area contributed by atoms with Crippen LogP contribution >= 0.6 is 0 Å². The molecule has 0 unspecified atom stereocenters. The first-order valence-electron chi connectivity index (χ1n) is 3.38. The molecule has 0 saturated heterocycles. The van der Waals surface area contributed by atoms with E-state index in [1.165, 1.54) is 21.8 Å². The number of carbonyl (C=O) groups is 1. The van der Waals surface area contributed by atoms with Crippen LogP contribution in [0.15, 0.2) is 37.4 Å². The summed E-state index contributed by atoms with van der Waals surface area (Å²) in [5.74, 6) is 0. The Bertz CT molecular complexity index is 326. The standard InChI is InChI=1S/C7H6N4O/c12-7(10-3-1-8-5-10)11-4-2-9-6-11/h1-6H/i7+1. The van der Waals surface area contributed by atoms with Crippen LogP contribution < -0.4 is 0 Å². The fourth-order valence-electron chi connectivity index (χ4n) is 0.878. The van der Waals surface area contributed by atoms with Crippen molar-refractivity contribution in [3.8, 4) is 0 Å². The van der Waals surface area contributed by atoms with E-state index < -0.39 is 0 Å². The molecule has 2 aromatic rings. The molecule has 0 aliphatic carbocycles. The molecule has 2 aromatic heterocycles. The summed E-state index contributed by atoms with van der Waals surface area (Å²) in [6.07, 6.45) is 9.17. The van der Waals surface area contributed by atoms with E-state index in [2.05, 4.69) is 9.97 Å². The number of hydrogen-bond acceptors (Lipinski definition) is 3. The molecule has 0 amide bonds. The molecule has 0 aliphatic rings. The predicted octanol–water partition coefficient (Wildman–Crippen LogP) is 0.596. The second kappa shape index (κ2) is 2.61. The van der Waals surface area contributed by atoms with Gasteiger partial charge in [0.15, 0.2) is 0 Å². The molecule has 0 radical (unpaired) electrons. The SMILES string of the molecule is O=[13C](n1ccnc1)n1ccnc1. The van der Waals surface area contributed by atoms with E-state index in [0.717, 1.165) is 0 Å². The summed E-state index contributed by atoms with van der Waals surface area (Å²) in [7, 11) is 0. The maximum absolute atomic E-state index is 11.4. The number of aromatic nitrogens is 4. The van der Waals surface area contributed by atoms with Gasteiger partial charge in [-0.05, 0) is 0 Å². The molecule has 5 nitrogen and oxygen atoms in total. The van der Waals surface area contributed by atoms with Crippen molar-refractivity contribution in [1.29, 1.82) is 0 Å². The molecular weight excluding hydrogens is 157 g/mol. The highest BCUT2D eigenvalue weighted by atomic mass is 16.2. The van der Waals surface area contributed by atoms with Crippen LogP contribution in [0.4, 0.5) is 4.79 Å². The van der Waals surface area contributed by atoms with Crippen LogP contribution in [0.25, 0.3) is 0 Å². The lowest BCUT2D eigenvalue weighted by Gasteiger charge is -1.98. The van der Waals surface area contributed by atoms with E-state index >= 15 is 0 Å². The molecule has 5 heteroatoms. The van der Waals surface area contributed by atoms with Gasteiger partial charge in [0.1, 0.15) is 12.7 Å². The largest absolute Gasteiger partial charge is 0.338 e. The Hall–Kier alpha value is -1.91. The molecule has 12 heavy (non-hydrogen) atoms. The zero-order valence-electron chi connectivity index (χ0n) is 6.16. The zero-order valence-corrected chi connectivity index (χ0v) is 6.16. The third kappa shape index (κ3) is 1.01. The molecule has 2 rings (SSSR count). The molecule has 0 fully saturated rings. The zero-order chi connectivity index (χ0) is 8.39. The van der Waals surface area contributed by atoms with Crippen LogP contribution in [0.3, 0.4) is 0 Å². The smallest absolute Gasteiger partial charge is 0.257 e. The van der Waals surface area contributed by atoms with Crippen molar-refractivity contribution in [3.05, 3.63) is 37.4 Å². The second-order valence-corrected chi connectivity index (χ2v) is 2.22. The summed E-state index contributed by atoms with van der Waals surface area (Å²) in [6, 6.07) is -0.190. The Kier molecular flexibility index (Phi) is 1.48. The molecular formula is C7H6N4O. The van der Waals surface area contributed by atoms with Crippen LogP contribution in [-0.4, -0.2) is 25.1 Å². The minimum absolute atomic E-state index is 0.190. The topological polar surface area (TPSA) is 52.7 Å². The van der Waals surface area contributed by atoms with E-state index in [1.807, 2.05) is 0 Å². The summed E-state index contributed by atoms with van der Waals surface area (Å²) in [6.45, 7) is 0. The summed E-state index contributed by atoms with van der Waals surface area (Å²) < 4.78 is 2.75. The minimum atomic E-state index is -0.190.